The Morgan fingerprint density at radius 1 is 0.698 bits per heavy atom. The van der Waals surface area contributed by atoms with E-state index in [-0.39, 0.29) is 5.91 Å². The number of benzene rings is 2. The van der Waals surface area contributed by atoms with Crippen LogP contribution in [0.1, 0.15) is 121 Å². The van der Waals surface area contributed by atoms with Crippen LogP contribution in [0.4, 0.5) is 11.4 Å². The number of amides is 1. The second-order valence-electron chi connectivity index (χ2n) is 11.1. The highest BCUT2D eigenvalue weighted by molar-refractivity contribution is 9.09. The van der Waals surface area contributed by atoms with Crippen molar-refractivity contribution >= 4 is 39.2 Å². The lowest BCUT2D eigenvalue weighted by Gasteiger charge is -2.13. The normalized spacial score (nSPS) is 11.9. The van der Waals surface area contributed by atoms with Crippen molar-refractivity contribution in [2.24, 2.45) is 10.2 Å². The molecular weight excluding hydrogens is 606 g/mol. The minimum absolute atomic E-state index is 0.333. The predicted octanol–water partition coefficient (Wildman–Crippen LogP) is 10.4. The second-order valence-corrected chi connectivity index (χ2v) is 11.9. The Morgan fingerprint density at radius 2 is 1.19 bits per heavy atom. The molecule has 0 saturated heterocycles. The molecule has 238 valence electrons. The number of alkyl halides is 1. The molecule has 0 heterocycles. The lowest BCUT2D eigenvalue weighted by molar-refractivity contribution is -0.145. The molecule has 0 unspecified atom stereocenters. The quantitative estimate of drug-likeness (QED) is 0.0526. The maximum Gasteiger partial charge on any atom is 0.328 e. The maximum atomic E-state index is 12.6. The summed E-state index contributed by atoms with van der Waals surface area (Å²) in [5.74, 6) is 0.0869. The van der Waals surface area contributed by atoms with Crippen LogP contribution in [0.25, 0.3) is 0 Å². The van der Waals surface area contributed by atoms with Gasteiger partial charge in [-0.15, -0.1) is 0 Å². The van der Waals surface area contributed by atoms with E-state index in [0.717, 1.165) is 42.6 Å². The summed E-state index contributed by atoms with van der Waals surface area (Å²) in [6.45, 7) is 4.96. The summed E-state index contributed by atoms with van der Waals surface area (Å²) < 4.78 is 11.2. The van der Waals surface area contributed by atoms with Crippen molar-refractivity contribution in [3.05, 3.63) is 54.1 Å². The summed E-state index contributed by atoms with van der Waals surface area (Å²) in [6.07, 6.45) is 18.2. The number of esters is 1. The largest absolute Gasteiger partial charge is 0.494 e. The molecule has 0 aliphatic heterocycles. The summed E-state index contributed by atoms with van der Waals surface area (Å²) in [4.78, 5) is 24.8. The van der Waals surface area contributed by atoms with Crippen molar-refractivity contribution in [2.45, 2.75) is 116 Å². The average Bonchev–Trinajstić information content (AvgIpc) is 3.02. The predicted molar refractivity (Wildman–Crippen MR) is 179 cm³/mol. The summed E-state index contributed by atoms with van der Waals surface area (Å²) in [6, 6.07) is 13.6. The van der Waals surface area contributed by atoms with Crippen LogP contribution >= 0.6 is 15.9 Å². The first-order chi connectivity index (χ1) is 21.0. The Morgan fingerprint density at radius 3 is 1.74 bits per heavy atom. The first kappa shape index (κ1) is 36.5. The summed E-state index contributed by atoms with van der Waals surface area (Å²) >= 11 is 3.48. The van der Waals surface area contributed by atoms with E-state index >= 15 is 0 Å². The number of hydrogen-bond acceptors (Lipinski definition) is 6. The van der Waals surface area contributed by atoms with Crippen LogP contribution in [0.15, 0.2) is 58.8 Å². The summed E-state index contributed by atoms with van der Waals surface area (Å²) in [5.41, 5.74) is 1.79. The Kier molecular flexibility index (Phi) is 20.1. The van der Waals surface area contributed by atoms with E-state index in [2.05, 4.69) is 38.4 Å². The number of azo groups is 1. The van der Waals surface area contributed by atoms with Crippen LogP contribution in [0.3, 0.4) is 0 Å². The molecule has 1 N–H and O–H groups in total. The molecule has 1 amide bonds. The van der Waals surface area contributed by atoms with Crippen molar-refractivity contribution in [3.8, 4) is 5.75 Å². The van der Waals surface area contributed by atoms with Crippen molar-refractivity contribution in [1.82, 2.24) is 5.32 Å². The minimum atomic E-state index is -0.716. The molecule has 0 aromatic heterocycles. The third-order valence-electron chi connectivity index (χ3n) is 7.24. The van der Waals surface area contributed by atoms with E-state index in [4.69, 9.17) is 9.47 Å². The van der Waals surface area contributed by atoms with Crippen molar-refractivity contribution < 1.29 is 19.1 Å². The van der Waals surface area contributed by atoms with Crippen LogP contribution < -0.4 is 10.1 Å². The standard InChI is InChI=1S/C35H52BrN3O4/c1-3-4-5-6-10-14-17-28-43-35(41)29(2)37-34(40)30-18-20-31(21-19-30)38-39-32-22-24-33(25-23-32)42-27-16-13-11-8-7-9-12-15-26-36/h18-25,29H,3-17,26-28H2,1-2H3,(H,37,40)/t29-/m0/s1. The van der Waals surface area contributed by atoms with Gasteiger partial charge in [-0.25, -0.2) is 4.79 Å². The van der Waals surface area contributed by atoms with E-state index in [9.17, 15) is 9.59 Å². The molecule has 1 atom stereocenters. The molecule has 0 aliphatic carbocycles. The smallest absolute Gasteiger partial charge is 0.328 e. The molecule has 2 rings (SSSR count). The van der Waals surface area contributed by atoms with E-state index in [1.165, 1.54) is 77.0 Å². The van der Waals surface area contributed by atoms with Gasteiger partial charge in [0, 0.05) is 10.9 Å². The molecule has 0 bridgehead atoms. The molecule has 0 saturated carbocycles. The zero-order valence-corrected chi connectivity index (χ0v) is 27.9. The Labute approximate surface area is 267 Å². The molecule has 0 spiro atoms. The minimum Gasteiger partial charge on any atom is -0.494 e. The SMILES string of the molecule is CCCCCCCCCOC(=O)[C@H](C)NC(=O)c1ccc(N=Nc2ccc(OCCCCCCCCCCBr)cc2)cc1. The van der Waals surface area contributed by atoms with Crippen LogP contribution in [-0.2, 0) is 9.53 Å². The van der Waals surface area contributed by atoms with Gasteiger partial charge in [0.15, 0.2) is 0 Å². The first-order valence-corrected chi connectivity index (χ1v) is 17.4. The monoisotopic (exact) mass is 657 g/mol. The van der Waals surface area contributed by atoms with Gasteiger partial charge in [-0.3, -0.25) is 4.79 Å². The fraction of sp³-hybridized carbons (Fsp3) is 0.600. The van der Waals surface area contributed by atoms with E-state index < -0.39 is 12.0 Å². The molecule has 8 heteroatoms. The third-order valence-corrected chi connectivity index (χ3v) is 7.80. The number of ether oxygens (including phenoxy) is 2. The van der Waals surface area contributed by atoms with Gasteiger partial charge in [-0.05, 0) is 74.7 Å². The Balaban J connectivity index is 1.63. The molecule has 0 fully saturated rings. The number of unbranched alkanes of at least 4 members (excludes halogenated alkanes) is 13. The fourth-order valence-corrected chi connectivity index (χ4v) is 4.94. The van der Waals surface area contributed by atoms with Gasteiger partial charge in [0.25, 0.3) is 5.91 Å². The number of carbonyl (C=O) groups excluding carboxylic acids is 2. The van der Waals surface area contributed by atoms with Gasteiger partial charge in [0.2, 0.25) is 0 Å². The highest BCUT2D eigenvalue weighted by Crippen LogP contribution is 2.22. The number of nitrogens with one attached hydrogen (secondary N) is 1. The van der Waals surface area contributed by atoms with Gasteiger partial charge in [-0.2, -0.15) is 10.2 Å². The number of carbonyl (C=O) groups is 2. The zero-order chi connectivity index (χ0) is 31.0. The fourth-order valence-electron chi connectivity index (χ4n) is 4.55. The molecule has 2 aromatic carbocycles. The van der Waals surface area contributed by atoms with Crippen LogP contribution in [0.2, 0.25) is 0 Å². The van der Waals surface area contributed by atoms with Gasteiger partial charge >= 0.3 is 5.97 Å². The third kappa shape index (κ3) is 17.2. The topological polar surface area (TPSA) is 89.3 Å². The molecule has 7 nitrogen and oxygen atoms in total. The second kappa shape index (κ2) is 23.7. The van der Waals surface area contributed by atoms with Crippen LogP contribution in [0, 0.1) is 0 Å². The van der Waals surface area contributed by atoms with Crippen LogP contribution in [0.5, 0.6) is 5.75 Å². The zero-order valence-electron chi connectivity index (χ0n) is 26.3. The summed E-state index contributed by atoms with van der Waals surface area (Å²) in [7, 11) is 0. The van der Waals surface area contributed by atoms with Crippen molar-refractivity contribution in [1.29, 1.82) is 0 Å². The number of rotatable bonds is 24. The number of halogens is 1. The van der Waals surface area contributed by atoms with Gasteiger partial charge < -0.3 is 14.8 Å². The summed E-state index contributed by atoms with van der Waals surface area (Å²) in [5, 5.41) is 12.4. The van der Waals surface area contributed by atoms with Crippen molar-refractivity contribution in [3.63, 3.8) is 0 Å². The van der Waals surface area contributed by atoms with E-state index in [0.29, 0.717) is 17.9 Å². The molecule has 2 aromatic rings. The Hall–Kier alpha value is -2.74. The van der Waals surface area contributed by atoms with Gasteiger partial charge in [0.05, 0.1) is 24.6 Å². The average molecular weight is 659 g/mol. The highest BCUT2D eigenvalue weighted by atomic mass is 79.9. The highest BCUT2D eigenvalue weighted by Gasteiger charge is 2.17. The van der Waals surface area contributed by atoms with Crippen LogP contribution in [-0.4, -0.2) is 36.5 Å². The number of nitrogens with zero attached hydrogens (tertiary/aromatic N) is 2. The molecule has 0 aliphatic rings. The van der Waals surface area contributed by atoms with E-state index in [1.807, 2.05) is 24.3 Å². The van der Waals surface area contributed by atoms with Gasteiger partial charge in [0.1, 0.15) is 11.8 Å². The lowest BCUT2D eigenvalue weighted by Crippen LogP contribution is -2.39. The van der Waals surface area contributed by atoms with Gasteiger partial charge in [-0.1, -0.05) is 99.9 Å². The van der Waals surface area contributed by atoms with Crippen molar-refractivity contribution in [2.75, 3.05) is 18.5 Å². The molecule has 43 heavy (non-hydrogen) atoms. The lowest BCUT2D eigenvalue weighted by atomic mass is 10.1. The first-order valence-electron chi connectivity index (χ1n) is 16.3. The van der Waals surface area contributed by atoms with E-state index in [1.54, 1.807) is 31.2 Å². The molecule has 0 radical (unpaired) electrons. The maximum absolute atomic E-state index is 12.6. The molecular formula is C35H52BrN3O4. The number of hydrogen-bond donors (Lipinski definition) is 1. The Bertz CT molecular complexity index is 1040.